The molecule has 1 unspecified atom stereocenters. The van der Waals surface area contributed by atoms with E-state index in [0.29, 0.717) is 23.5 Å². The van der Waals surface area contributed by atoms with E-state index in [1.165, 1.54) is 4.31 Å². The summed E-state index contributed by atoms with van der Waals surface area (Å²) in [6, 6.07) is 14.8. The van der Waals surface area contributed by atoms with Crippen LogP contribution in [0.5, 0.6) is 5.75 Å². The van der Waals surface area contributed by atoms with E-state index in [0.717, 1.165) is 18.5 Å². The lowest BCUT2D eigenvalue weighted by atomic mass is 10.2. The van der Waals surface area contributed by atoms with Gasteiger partial charge in [-0.3, -0.25) is 0 Å². The van der Waals surface area contributed by atoms with Crippen LogP contribution in [-0.2, 0) is 10.0 Å². The highest BCUT2D eigenvalue weighted by Gasteiger charge is 2.40. The minimum atomic E-state index is -3.64. The third kappa shape index (κ3) is 3.92. The first kappa shape index (κ1) is 19.6. The smallest absolute Gasteiger partial charge is 0.277 e. The summed E-state index contributed by atoms with van der Waals surface area (Å²) in [5.41, 5.74) is 1.41. The van der Waals surface area contributed by atoms with E-state index < -0.39 is 15.5 Å². The van der Waals surface area contributed by atoms with Crippen molar-refractivity contribution in [1.29, 1.82) is 0 Å². The van der Waals surface area contributed by atoms with Gasteiger partial charge in [-0.05, 0) is 51.2 Å². The molecule has 1 N–H and O–H groups in total. The van der Waals surface area contributed by atoms with Gasteiger partial charge in [-0.1, -0.05) is 29.8 Å². The molecular formula is C18H23ClN2O3S. The van der Waals surface area contributed by atoms with E-state index in [1.54, 1.807) is 6.07 Å². The molecule has 3 rings (SSSR count). The van der Waals surface area contributed by atoms with E-state index in [9.17, 15) is 8.42 Å². The lowest BCUT2D eigenvalue weighted by Crippen LogP contribution is -2.43. The van der Waals surface area contributed by atoms with Gasteiger partial charge >= 0.3 is 0 Å². The molecule has 2 aromatic carbocycles. The monoisotopic (exact) mass is 382 g/mol. The predicted octanol–water partition coefficient (Wildman–Crippen LogP) is 3.60. The van der Waals surface area contributed by atoms with Gasteiger partial charge < -0.3 is 10.1 Å². The second-order valence-electron chi connectivity index (χ2n) is 5.91. The van der Waals surface area contributed by atoms with Gasteiger partial charge in [0.15, 0.2) is 0 Å². The van der Waals surface area contributed by atoms with Crippen LogP contribution in [0, 0.1) is 6.92 Å². The standard InChI is InChI=1S/C18H22N2O3S.ClH/c1-14-9-11-15(12-10-14)20-16-6-3-4-7-17(16)23-18(24(20,21)22)8-5-13-19-2;/h3-4,6-7,9-12,18-19H,5,8,13H2,1-2H3;1H. The molecule has 1 heterocycles. The van der Waals surface area contributed by atoms with Gasteiger partial charge in [0, 0.05) is 6.42 Å². The number of anilines is 2. The van der Waals surface area contributed by atoms with Crippen molar-refractivity contribution in [3.63, 3.8) is 0 Å². The molecule has 25 heavy (non-hydrogen) atoms. The maximum Gasteiger partial charge on any atom is 0.277 e. The number of benzene rings is 2. The lowest BCUT2D eigenvalue weighted by Gasteiger charge is -2.35. The van der Waals surface area contributed by atoms with Crippen LogP contribution in [0.25, 0.3) is 0 Å². The van der Waals surface area contributed by atoms with Crippen LogP contribution in [0.1, 0.15) is 18.4 Å². The Kier molecular flexibility index (Phi) is 6.32. The van der Waals surface area contributed by atoms with E-state index in [4.69, 9.17) is 4.74 Å². The number of fused-ring (bicyclic) bond motifs is 1. The number of nitrogens with one attached hydrogen (secondary N) is 1. The van der Waals surface area contributed by atoms with Crippen molar-refractivity contribution in [3.05, 3.63) is 54.1 Å². The van der Waals surface area contributed by atoms with Gasteiger partial charge in [-0.25, -0.2) is 12.7 Å². The third-order valence-corrected chi connectivity index (χ3v) is 5.98. The minimum Gasteiger partial charge on any atom is -0.470 e. The summed E-state index contributed by atoms with van der Waals surface area (Å²) in [4.78, 5) is 0. The zero-order valence-corrected chi connectivity index (χ0v) is 15.9. The normalized spacial score (nSPS) is 18.0. The first-order valence-electron chi connectivity index (χ1n) is 8.05. The van der Waals surface area contributed by atoms with Crippen molar-refractivity contribution < 1.29 is 13.2 Å². The van der Waals surface area contributed by atoms with E-state index in [1.807, 2.05) is 56.4 Å². The molecule has 0 saturated carbocycles. The topological polar surface area (TPSA) is 58.6 Å². The largest absolute Gasteiger partial charge is 0.470 e. The molecule has 0 saturated heterocycles. The zero-order valence-electron chi connectivity index (χ0n) is 14.3. The van der Waals surface area contributed by atoms with Crippen LogP contribution in [0.4, 0.5) is 11.4 Å². The number of hydrogen-bond acceptors (Lipinski definition) is 4. The summed E-state index contributed by atoms with van der Waals surface area (Å²) >= 11 is 0. The number of nitrogens with zero attached hydrogens (tertiary/aromatic N) is 1. The Bertz CT molecular complexity index is 809. The van der Waals surface area contributed by atoms with Crippen LogP contribution in [0.3, 0.4) is 0 Å². The van der Waals surface area contributed by atoms with E-state index in [-0.39, 0.29) is 12.4 Å². The SMILES string of the molecule is CNCCCC1Oc2ccccc2N(c2ccc(C)cc2)S1(=O)=O.Cl. The molecule has 0 aliphatic carbocycles. The Morgan fingerprint density at radius 3 is 2.48 bits per heavy atom. The van der Waals surface area contributed by atoms with Crippen molar-refractivity contribution >= 4 is 33.8 Å². The second kappa shape index (κ2) is 8.08. The van der Waals surface area contributed by atoms with Crippen LogP contribution in [-0.4, -0.2) is 27.4 Å². The quantitative estimate of drug-likeness (QED) is 0.802. The highest BCUT2D eigenvalue weighted by atomic mass is 35.5. The van der Waals surface area contributed by atoms with Gasteiger partial charge in [0.1, 0.15) is 5.75 Å². The number of hydrogen-bond donors (Lipinski definition) is 1. The fraction of sp³-hybridized carbons (Fsp3) is 0.333. The first-order chi connectivity index (χ1) is 11.5. The molecule has 1 atom stereocenters. The fourth-order valence-electron chi connectivity index (χ4n) is 2.80. The molecule has 7 heteroatoms. The molecule has 136 valence electrons. The molecule has 5 nitrogen and oxygen atoms in total. The number of ether oxygens (including phenoxy) is 1. The molecule has 0 spiro atoms. The van der Waals surface area contributed by atoms with E-state index >= 15 is 0 Å². The van der Waals surface area contributed by atoms with Crippen LogP contribution in [0.2, 0.25) is 0 Å². The molecule has 0 fully saturated rings. The highest BCUT2D eigenvalue weighted by Crippen LogP contribution is 2.42. The summed E-state index contributed by atoms with van der Waals surface area (Å²) in [6.07, 6.45) is 1.17. The maximum atomic E-state index is 13.1. The molecule has 0 aromatic heterocycles. The third-order valence-electron chi connectivity index (χ3n) is 4.06. The summed E-state index contributed by atoms with van der Waals surface area (Å²) in [5, 5.41) is 3.04. The van der Waals surface area contributed by atoms with Crippen molar-refractivity contribution in [3.8, 4) is 5.75 Å². The highest BCUT2D eigenvalue weighted by molar-refractivity contribution is 7.93. The van der Waals surface area contributed by atoms with Crippen LogP contribution >= 0.6 is 12.4 Å². The average Bonchev–Trinajstić information content (AvgIpc) is 2.56. The lowest BCUT2D eigenvalue weighted by molar-refractivity contribution is 0.254. The molecule has 1 aliphatic rings. The first-order valence-corrected chi connectivity index (χ1v) is 9.55. The van der Waals surface area contributed by atoms with Crippen LogP contribution < -0.4 is 14.4 Å². The predicted molar refractivity (Wildman–Crippen MR) is 104 cm³/mol. The van der Waals surface area contributed by atoms with Crippen molar-refractivity contribution in [2.24, 2.45) is 0 Å². The number of para-hydroxylation sites is 2. The summed E-state index contributed by atoms with van der Waals surface area (Å²) in [5.74, 6) is 0.599. The van der Waals surface area contributed by atoms with Crippen molar-refractivity contribution in [1.82, 2.24) is 5.32 Å². The summed E-state index contributed by atoms with van der Waals surface area (Å²) in [7, 11) is -1.79. The molecule has 0 amide bonds. The summed E-state index contributed by atoms with van der Waals surface area (Å²) < 4.78 is 33.5. The second-order valence-corrected chi connectivity index (χ2v) is 7.83. The Labute approximate surface area is 155 Å². The van der Waals surface area contributed by atoms with Gasteiger partial charge in [-0.2, -0.15) is 0 Å². The zero-order chi connectivity index (χ0) is 17.2. The number of sulfonamides is 1. The van der Waals surface area contributed by atoms with Gasteiger partial charge in [0.05, 0.1) is 11.4 Å². The van der Waals surface area contributed by atoms with Gasteiger partial charge in [0.25, 0.3) is 10.0 Å². The van der Waals surface area contributed by atoms with Crippen molar-refractivity contribution in [2.75, 3.05) is 17.9 Å². The van der Waals surface area contributed by atoms with Gasteiger partial charge in [0.2, 0.25) is 5.44 Å². The Hall–Kier alpha value is -1.76. The Morgan fingerprint density at radius 1 is 1.12 bits per heavy atom. The molecular weight excluding hydrogens is 360 g/mol. The van der Waals surface area contributed by atoms with Gasteiger partial charge in [-0.15, -0.1) is 12.4 Å². The van der Waals surface area contributed by atoms with Crippen molar-refractivity contribution in [2.45, 2.75) is 25.2 Å². The average molecular weight is 383 g/mol. The summed E-state index contributed by atoms with van der Waals surface area (Å²) in [6.45, 7) is 2.73. The number of rotatable bonds is 5. The molecule has 1 aliphatic heterocycles. The Morgan fingerprint density at radius 2 is 1.80 bits per heavy atom. The van der Waals surface area contributed by atoms with E-state index in [2.05, 4.69) is 5.32 Å². The number of aryl methyl sites for hydroxylation is 1. The molecule has 2 aromatic rings. The molecule has 0 bridgehead atoms. The minimum absolute atomic E-state index is 0. The fourth-order valence-corrected chi connectivity index (χ4v) is 4.57. The number of halogens is 1. The molecule has 0 radical (unpaired) electrons. The maximum absolute atomic E-state index is 13.1. The van der Waals surface area contributed by atoms with Crippen LogP contribution in [0.15, 0.2) is 48.5 Å². The Balaban J connectivity index is 0.00000225.